The van der Waals surface area contributed by atoms with Gasteiger partial charge in [0.15, 0.2) is 0 Å². The highest BCUT2D eigenvalue weighted by Crippen LogP contribution is 2.23. The van der Waals surface area contributed by atoms with Crippen LogP contribution < -0.4 is 10.2 Å². The van der Waals surface area contributed by atoms with Crippen LogP contribution in [0.15, 0.2) is 24.3 Å². The van der Waals surface area contributed by atoms with E-state index in [0.717, 1.165) is 38.2 Å². The summed E-state index contributed by atoms with van der Waals surface area (Å²) in [5.41, 5.74) is 2.23. The molecule has 3 nitrogen and oxygen atoms in total. The minimum Gasteiger partial charge on any atom is -0.371 e. The van der Waals surface area contributed by atoms with Crippen molar-refractivity contribution in [2.24, 2.45) is 5.41 Å². The molecule has 1 N–H and O–H groups in total. The monoisotopic (exact) mass is 243 g/mol. The van der Waals surface area contributed by atoms with Crippen LogP contribution in [0, 0.1) is 16.7 Å². The minimum atomic E-state index is 0.272. The molecular formula is C15H21N3. The average Bonchev–Trinajstić information content (AvgIpc) is 2.34. The molecule has 1 aliphatic heterocycles. The molecule has 1 heterocycles. The van der Waals surface area contributed by atoms with Gasteiger partial charge in [0.2, 0.25) is 0 Å². The highest BCUT2D eigenvalue weighted by molar-refractivity contribution is 5.50. The Kier molecular flexibility index (Phi) is 3.88. The molecule has 0 aromatic heterocycles. The lowest BCUT2D eigenvalue weighted by Crippen LogP contribution is -2.44. The molecule has 1 aromatic rings. The zero-order chi connectivity index (χ0) is 13.0. The summed E-state index contributed by atoms with van der Waals surface area (Å²) >= 11 is 0. The molecule has 2 rings (SSSR count). The molecule has 1 aromatic carbocycles. The third-order valence-corrected chi connectivity index (χ3v) is 3.37. The topological polar surface area (TPSA) is 39.1 Å². The number of hydrogen-bond acceptors (Lipinski definition) is 3. The fraction of sp³-hybridized carbons (Fsp3) is 0.533. The fourth-order valence-corrected chi connectivity index (χ4v) is 2.44. The number of nitrogens with zero attached hydrogens (tertiary/aromatic N) is 2. The van der Waals surface area contributed by atoms with Crippen molar-refractivity contribution in [2.75, 3.05) is 31.1 Å². The molecule has 3 heteroatoms. The molecule has 0 bridgehead atoms. The van der Waals surface area contributed by atoms with E-state index in [0.29, 0.717) is 0 Å². The highest BCUT2D eigenvalue weighted by atomic mass is 15.1. The van der Waals surface area contributed by atoms with Crippen molar-refractivity contribution in [3.8, 4) is 6.07 Å². The van der Waals surface area contributed by atoms with Gasteiger partial charge in [0.05, 0.1) is 11.6 Å². The summed E-state index contributed by atoms with van der Waals surface area (Å²) in [7, 11) is 0. The van der Waals surface area contributed by atoms with Gasteiger partial charge in [0.1, 0.15) is 0 Å². The van der Waals surface area contributed by atoms with E-state index in [9.17, 15) is 0 Å². The number of hydrogen-bond donors (Lipinski definition) is 1. The van der Waals surface area contributed by atoms with Crippen LogP contribution in [0.5, 0.6) is 0 Å². The van der Waals surface area contributed by atoms with Crippen molar-refractivity contribution in [3.05, 3.63) is 29.8 Å². The zero-order valence-corrected chi connectivity index (χ0v) is 11.2. The molecule has 1 fully saturated rings. The van der Waals surface area contributed by atoms with Crippen molar-refractivity contribution in [1.82, 2.24) is 5.32 Å². The smallest absolute Gasteiger partial charge is 0.0991 e. The molecular weight excluding hydrogens is 222 g/mol. The number of benzene rings is 1. The zero-order valence-electron chi connectivity index (χ0n) is 11.2. The number of rotatable bonds is 1. The lowest BCUT2D eigenvalue weighted by Gasteiger charge is -2.36. The summed E-state index contributed by atoms with van der Waals surface area (Å²) in [5, 5.41) is 12.3. The maximum atomic E-state index is 8.83. The number of nitriles is 1. The molecule has 0 spiro atoms. The molecule has 96 valence electrons. The van der Waals surface area contributed by atoms with Gasteiger partial charge in [0.25, 0.3) is 0 Å². The Labute approximate surface area is 109 Å². The summed E-state index contributed by atoms with van der Waals surface area (Å²) in [6, 6.07) is 10.1. The van der Waals surface area contributed by atoms with Crippen LogP contribution in [0.2, 0.25) is 0 Å². The van der Waals surface area contributed by atoms with Gasteiger partial charge in [0, 0.05) is 25.3 Å². The Hall–Kier alpha value is -1.53. The molecule has 1 aliphatic rings. The molecule has 0 unspecified atom stereocenters. The fourth-order valence-electron chi connectivity index (χ4n) is 2.44. The van der Waals surface area contributed by atoms with Crippen LogP contribution in [0.1, 0.15) is 25.8 Å². The average molecular weight is 243 g/mol. The standard InChI is InChI=1S/C15H21N3/c1-15(2)11-17-8-3-9-18(12-15)14-6-4-13(10-16)5-7-14/h4-7,17H,3,8-9,11-12H2,1-2H3. The Morgan fingerprint density at radius 2 is 2.00 bits per heavy atom. The summed E-state index contributed by atoms with van der Waals surface area (Å²) in [6.45, 7) is 8.84. The van der Waals surface area contributed by atoms with Crippen molar-refractivity contribution >= 4 is 5.69 Å². The van der Waals surface area contributed by atoms with Crippen molar-refractivity contribution in [2.45, 2.75) is 20.3 Å². The second-order valence-electron chi connectivity index (χ2n) is 5.77. The van der Waals surface area contributed by atoms with E-state index in [1.807, 2.05) is 12.1 Å². The lowest BCUT2D eigenvalue weighted by molar-refractivity contribution is 0.325. The Morgan fingerprint density at radius 3 is 2.67 bits per heavy atom. The predicted octanol–water partition coefficient (Wildman–Crippen LogP) is 2.38. The van der Waals surface area contributed by atoms with E-state index in [4.69, 9.17) is 5.26 Å². The van der Waals surface area contributed by atoms with Gasteiger partial charge in [-0.25, -0.2) is 0 Å². The van der Waals surface area contributed by atoms with E-state index in [2.05, 4.69) is 42.3 Å². The van der Waals surface area contributed by atoms with Gasteiger partial charge in [-0.05, 0) is 42.6 Å². The van der Waals surface area contributed by atoms with Crippen LogP contribution in [0.3, 0.4) is 0 Å². The first-order chi connectivity index (χ1) is 8.61. The molecule has 1 saturated heterocycles. The Morgan fingerprint density at radius 1 is 1.28 bits per heavy atom. The molecule has 0 saturated carbocycles. The maximum absolute atomic E-state index is 8.83. The number of nitrogens with one attached hydrogen (secondary N) is 1. The quantitative estimate of drug-likeness (QED) is 0.823. The van der Waals surface area contributed by atoms with Crippen molar-refractivity contribution in [3.63, 3.8) is 0 Å². The maximum Gasteiger partial charge on any atom is 0.0991 e. The van der Waals surface area contributed by atoms with E-state index in [-0.39, 0.29) is 5.41 Å². The minimum absolute atomic E-state index is 0.272. The summed E-state index contributed by atoms with van der Waals surface area (Å²) in [6.07, 6.45) is 1.16. The van der Waals surface area contributed by atoms with E-state index in [1.165, 1.54) is 5.69 Å². The van der Waals surface area contributed by atoms with Crippen LogP contribution in [-0.2, 0) is 0 Å². The van der Waals surface area contributed by atoms with Crippen LogP contribution in [-0.4, -0.2) is 26.2 Å². The molecule has 0 radical (unpaired) electrons. The molecule has 0 amide bonds. The van der Waals surface area contributed by atoms with Gasteiger partial charge >= 0.3 is 0 Å². The van der Waals surface area contributed by atoms with Crippen LogP contribution >= 0.6 is 0 Å². The number of anilines is 1. The van der Waals surface area contributed by atoms with Crippen LogP contribution in [0.25, 0.3) is 0 Å². The predicted molar refractivity (Wildman–Crippen MR) is 74.6 cm³/mol. The van der Waals surface area contributed by atoms with Gasteiger partial charge in [-0.2, -0.15) is 5.26 Å². The molecule has 0 atom stereocenters. The van der Waals surface area contributed by atoms with Gasteiger partial charge < -0.3 is 10.2 Å². The van der Waals surface area contributed by atoms with Gasteiger partial charge in [-0.1, -0.05) is 13.8 Å². The normalized spacial score (nSPS) is 19.7. The van der Waals surface area contributed by atoms with Crippen molar-refractivity contribution in [1.29, 1.82) is 5.26 Å². The van der Waals surface area contributed by atoms with Gasteiger partial charge in [-0.3, -0.25) is 0 Å². The lowest BCUT2D eigenvalue weighted by atomic mass is 9.91. The van der Waals surface area contributed by atoms with E-state index >= 15 is 0 Å². The van der Waals surface area contributed by atoms with Crippen LogP contribution in [0.4, 0.5) is 5.69 Å². The second-order valence-corrected chi connectivity index (χ2v) is 5.77. The summed E-state index contributed by atoms with van der Waals surface area (Å²) in [4.78, 5) is 2.43. The SMILES string of the molecule is CC1(C)CNCCCN(c2ccc(C#N)cc2)C1. The third-order valence-electron chi connectivity index (χ3n) is 3.37. The third kappa shape index (κ3) is 3.24. The first-order valence-corrected chi connectivity index (χ1v) is 6.57. The largest absolute Gasteiger partial charge is 0.371 e. The summed E-state index contributed by atoms with van der Waals surface area (Å²) in [5.74, 6) is 0. The van der Waals surface area contributed by atoms with Crippen molar-refractivity contribution < 1.29 is 0 Å². The van der Waals surface area contributed by atoms with E-state index in [1.54, 1.807) is 0 Å². The highest BCUT2D eigenvalue weighted by Gasteiger charge is 2.23. The summed E-state index contributed by atoms with van der Waals surface area (Å²) < 4.78 is 0. The second kappa shape index (κ2) is 5.41. The Balaban J connectivity index is 2.15. The molecule has 18 heavy (non-hydrogen) atoms. The van der Waals surface area contributed by atoms with E-state index < -0.39 is 0 Å². The van der Waals surface area contributed by atoms with Gasteiger partial charge in [-0.15, -0.1) is 0 Å². The molecule has 0 aliphatic carbocycles. The first kappa shape index (κ1) is 12.9. The Bertz CT molecular complexity index is 428. The first-order valence-electron chi connectivity index (χ1n) is 6.57.